The van der Waals surface area contributed by atoms with Gasteiger partial charge in [-0.25, -0.2) is 4.98 Å². The van der Waals surface area contributed by atoms with E-state index in [0.717, 1.165) is 36.5 Å². The Morgan fingerprint density at radius 3 is 3.14 bits per heavy atom. The summed E-state index contributed by atoms with van der Waals surface area (Å²) in [5.74, 6) is 0.0546. The number of aromatic nitrogens is 3. The number of aromatic amines is 1. The Balaban J connectivity index is 1.63. The number of fused-ring (bicyclic) bond motifs is 1. The van der Waals surface area contributed by atoms with Gasteiger partial charge in [0.15, 0.2) is 0 Å². The van der Waals surface area contributed by atoms with Gasteiger partial charge in [-0.1, -0.05) is 6.07 Å². The average Bonchev–Trinajstić information content (AvgIpc) is 3.01. The number of nitrogens with zero attached hydrogens (tertiary/aromatic N) is 3. The van der Waals surface area contributed by atoms with Gasteiger partial charge in [-0.05, 0) is 12.1 Å². The van der Waals surface area contributed by atoms with Crippen LogP contribution in [0.15, 0.2) is 30.7 Å². The van der Waals surface area contributed by atoms with E-state index in [2.05, 4.69) is 20.3 Å². The van der Waals surface area contributed by atoms with Crippen LogP contribution in [0.2, 0.25) is 0 Å². The summed E-state index contributed by atoms with van der Waals surface area (Å²) in [5, 5.41) is 3.25. The molecule has 1 atom stereocenters. The maximum Gasteiger partial charge on any atom is 0.245 e. The highest BCUT2D eigenvalue weighted by Gasteiger charge is 2.30. The van der Waals surface area contributed by atoms with Gasteiger partial charge in [0, 0.05) is 50.6 Å². The summed E-state index contributed by atoms with van der Waals surface area (Å²) in [5.41, 5.74) is 2.88. The normalized spacial score (nSPS) is 17.3. The average molecular weight is 285 g/mol. The van der Waals surface area contributed by atoms with Crippen LogP contribution >= 0.6 is 0 Å². The van der Waals surface area contributed by atoms with Gasteiger partial charge in [0.2, 0.25) is 5.91 Å². The van der Waals surface area contributed by atoms with E-state index in [4.69, 9.17) is 0 Å². The van der Waals surface area contributed by atoms with Crippen molar-refractivity contribution >= 4 is 5.91 Å². The smallest absolute Gasteiger partial charge is 0.245 e. The highest BCUT2D eigenvalue weighted by atomic mass is 16.2. The van der Waals surface area contributed by atoms with Crippen LogP contribution in [-0.2, 0) is 17.6 Å². The van der Waals surface area contributed by atoms with E-state index in [1.54, 1.807) is 17.4 Å². The molecule has 1 amide bonds. The van der Waals surface area contributed by atoms with Gasteiger partial charge >= 0.3 is 0 Å². The van der Waals surface area contributed by atoms with Crippen molar-refractivity contribution in [3.8, 4) is 0 Å². The van der Waals surface area contributed by atoms with Gasteiger partial charge in [0.25, 0.3) is 0 Å². The molecule has 0 aliphatic carbocycles. The van der Waals surface area contributed by atoms with Crippen LogP contribution in [0.25, 0.3) is 0 Å². The van der Waals surface area contributed by atoms with Crippen molar-refractivity contribution in [2.75, 3.05) is 20.1 Å². The lowest BCUT2D eigenvalue weighted by molar-refractivity contribution is -0.132. The number of carbonyl (C=O) groups is 1. The van der Waals surface area contributed by atoms with E-state index < -0.39 is 0 Å². The van der Waals surface area contributed by atoms with Gasteiger partial charge in [0.05, 0.1) is 12.0 Å². The molecule has 2 aromatic heterocycles. The molecule has 0 saturated carbocycles. The molecule has 0 bridgehead atoms. The summed E-state index contributed by atoms with van der Waals surface area (Å²) in [6, 6.07) is 5.49. The predicted molar refractivity (Wildman–Crippen MR) is 78.6 cm³/mol. The Bertz CT molecular complexity index is 610. The number of hydrogen-bond donors (Lipinski definition) is 2. The molecule has 0 spiro atoms. The second-order valence-electron chi connectivity index (χ2n) is 5.23. The first-order valence-electron chi connectivity index (χ1n) is 7.16. The van der Waals surface area contributed by atoms with Gasteiger partial charge < -0.3 is 15.2 Å². The minimum absolute atomic E-state index is 0.0546. The number of pyridine rings is 1. The molecule has 0 fully saturated rings. The third kappa shape index (κ3) is 2.95. The zero-order chi connectivity index (χ0) is 14.7. The molecule has 0 unspecified atom stereocenters. The molecule has 6 heteroatoms. The quantitative estimate of drug-likeness (QED) is 0.867. The molecular formula is C15H19N5O. The third-order valence-electron chi connectivity index (χ3n) is 3.80. The monoisotopic (exact) mass is 285 g/mol. The van der Waals surface area contributed by atoms with E-state index >= 15 is 0 Å². The van der Waals surface area contributed by atoms with Crippen LogP contribution in [0.4, 0.5) is 0 Å². The van der Waals surface area contributed by atoms with Crippen molar-refractivity contribution in [3.63, 3.8) is 0 Å². The van der Waals surface area contributed by atoms with Crippen molar-refractivity contribution in [2.24, 2.45) is 0 Å². The SMILES string of the molecule is CN(CCc1ccccn1)C(=O)[C@H]1NCCc2[nH]cnc21. The zero-order valence-corrected chi connectivity index (χ0v) is 12.0. The number of amides is 1. The Hall–Kier alpha value is -2.21. The lowest BCUT2D eigenvalue weighted by atomic mass is 10.0. The second kappa shape index (κ2) is 6.05. The Morgan fingerprint density at radius 2 is 2.33 bits per heavy atom. The molecule has 2 N–H and O–H groups in total. The third-order valence-corrected chi connectivity index (χ3v) is 3.80. The van der Waals surface area contributed by atoms with E-state index in [0.29, 0.717) is 6.54 Å². The molecule has 1 aliphatic heterocycles. The van der Waals surface area contributed by atoms with Crippen LogP contribution < -0.4 is 5.32 Å². The number of rotatable bonds is 4. The lowest BCUT2D eigenvalue weighted by Crippen LogP contribution is -2.43. The fraction of sp³-hybridized carbons (Fsp3) is 0.400. The fourth-order valence-corrected chi connectivity index (χ4v) is 2.58. The van der Waals surface area contributed by atoms with Gasteiger partial charge in [-0.3, -0.25) is 9.78 Å². The molecule has 2 aromatic rings. The Kier molecular flexibility index (Phi) is 3.96. The largest absolute Gasteiger partial charge is 0.348 e. The van der Waals surface area contributed by atoms with E-state index in [1.807, 2.05) is 25.2 Å². The molecular weight excluding hydrogens is 266 g/mol. The molecule has 3 rings (SSSR count). The maximum absolute atomic E-state index is 12.6. The predicted octanol–water partition coefficient (Wildman–Crippen LogP) is 0.693. The summed E-state index contributed by atoms with van der Waals surface area (Å²) in [6.07, 6.45) is 5.07. The van der Waals surface area contributed by atoms with Gasteiger partial charge in [0.1, 0.15) is 6.04 Å². The van der Waals surface area contributed by atoms with Crippen molar-refractivity contribution in [2.45, 2.75) is 18.9 Å². The van der Waals surface area contributed by atoms with Gasteiger partial charge in [-0.15, -0.1) is 0 Å². The highest BCUT2D eigenvalue weighted by molar-refractivity contribution is 5.83. The molecule has 6 nitrogen and oxygen atoms in total. The number of nitrogens with one attached hydrogen (secondary N) is 2. The van der Waals surface area contributed by atoms with E-state index in [1.165, 1.54) is 0 Å². The van der Waals surface area contributed by atoms with Crippen LogP contribution in [0.3, 0.4) is 0 Å². The summed E-state index contributed by atoms with van der Waals surface area (Å²) < 4.78 is 0. The van der Waals surface area contributed by atoms with Gasteiger partial charge in [-0.2, -0.15) is 0 Å². The fourth-order valence-electron chi connectivity index (χ4n) is 2.58. The standard InChI is InChI=1S/C15H19N5O/c1-20(9-6-11-4-2-3-7-16-11)15(21)14-13-12(5-8-17-14)18-10-19-13/h2-4,7,10,14,17H,5-6,8-9H2,1H3,(H,18,19)/t14-/m0/s1. The number of H-pyrrole nitrogens is 1. The molecule has 0 saturated heterocycles. The number of hydrogen-bond acceptors (Lipinski definition) is 4. The number of carbonyl (C=O) groups excluding carboxylic acids is 1. The molecule has 0 radical (unpaired) electrons. The number of imidazole rings is 1. The zero-order valence-electron chi connectivity index (χ0n) is 12.0. The van der Waals surface area contributed by atoms with Crippen LogP contribution in [0.5, 0.6) is 0 Å². The molecule has 0 aromatic carbocycles. The highest BCUT2D eigenvalue weighted by Crippen LogP contribution is 2.20. The molecule has 3 heterocycles. The van der Waals surface area contributed by atoms with E-state index in [-0.39, 0.29) is 11.9 Å². The Labute approximate surface area is 123 Å². The van der Waals surface area contributed by atoms with Crippen LogP contribution in [0, 0.1) is 0 Å². The summed E-state index contributed by atoms with van der Waals surface area (Å²) >= 11 is 0. The molecule has 21 heavy (non-hydrogen) atoms. The van der Waals surface area contributed by atoms with Crippen molar-refractivity contribution in [1.29, 1.82) is 0 Å². The van der Waals surface area contributed by atoms with E-state index in [9.17, 15) is 4.79 Å². The summed E-state index contributed by atoms with van der Waals surface area (Å²) in [7, 11) is 1.83. The first-order chi connectivity index (χ1) is 10.3. The minimum atomic E-state index is -0.339. The van der Waals surface area contributed by atoms with Crippen molar-refractivity contribution in [3.05, 3.63) is 47.8 Å². The van der Waals surface area contributed by atoms with Crippen LogP contribution in [-0.4, -0.2) is 45.9 Å². The summed E-state index contributed by atoms with van der Waals surface area (Å²) in [4.78, 5) is 26.0. The van der Waals surface area contributed by atoms with Crippen LogP contribution in [0.1, 0.15) is 23.1 Å². The molecule has 1 aliphatic rings. The first-order valence-corrected chi connectivity index (χ1v) is 7.16. The Morgan fingerprint density at radius 1 is 1.43 bits per heavy atom. The summed E-state index contributed by atoms with van der Waals surface area (Å²) in [6.45, 7) is 1.44. The topological polar surface area (TPSA) is 73.9 Å². The number of likely N-dealkylation sites (N-methyl/N-ethyl adjacent to an activating group) is 1. The lowest BCUT2D eigenvalue weighted by Gasteiger charge is -2.27. The van der Waals surface area contributed by atoms with Crippen molar-refractivity contribution in [1.82, 2.24) is 25.2 Å². The minimum Gasteiger partial charge on any atom is -0.348 e. The van der Waals surface area contributed by atoms with Crippen molar-refractivity contribution < 1.29 is 4.79 Å². The second-order valence-corrected chi connectivity index (χ2v) is 5.23. The maximum atomic E-state index is 12.6. The molecule has 110 valence electrons. The first kappa shape index (κ1) is 13.8.